The van der Waals surface area contributed by atoms with Gasteiger partial charge in [-0.05, 0) is 32.1 Å². The number of likely N-dealkylation sites (N-methyl/N-ethyl adjacent to an activating group) is 1. The molecule has 1 aliphatic rings. The average Bonchev–Trinajstić information content (AvgIpc) is 2.65. The minimum Gasteiger partial charge on any atom is -0.507 e. The third-order valence-corrected chi connectivity index (χ3v) is 5.45. The maximum absolute atomic E-state index is 12.8. The summed E-state index contributed by atoms with van der Waals surface area (Å²) < 4.78 is 14.2. The Morgan fingerprint density at radius 1 is 1.25 bits per heavy atom. The summed E-state index contributed by atoms with van der Waals surface area (Å²) in [4.78, 5) is 14.5. The molecule has 2 heterocycles. The molecule has 6 nitrogen and oxygen atoms in total. The molecule has 0 amide bonds. The van der Waals surface area contributed by atoms with Crippen molar-refractivity contribution in [3.63, 3.8) is 0 Å². The third kappa shape index (κ3) is 3.13. The summed E-state index contributed by atoms with van der Waals surface area (Å²) in [7, 11) is 1.74. The van der Waals surface area contributed by atoms with E-state index in [0.717, 1.165) is 6.07 Å². The molecule has 1 saturated heterocycles. The zero-order valence-electron chi connectivity index (χ0n) is 16.1. The summed E-state index contributed by atoms with van der Waals surface area (Å²) >= 11 is 6.24. The van der Waals surface area contributed by atoms with Crippen molar-refractivity contribution in [1.29, 1.82) is 0 Å². The van der Waals surface area contributed by atoms with Gasteiger partial charge in [0, 0.05) is 37.1 Å². The number of aromatic hydroxyl groups is 2. The maximum atomic E-state index is 12.8. The number of phenols is 2. The minimum absolute atomic E-state index is 0.00859. The van der Waals surface area contributed by atoms with E-state index in [9.17, 15) is 20.1 Å². The van der Waals surface area contributed by atoms with Crippen LogP contribution in [0.15, 0.2) is 45.6 Å². The van der Waals surface area contributed by atoms with Crippen molar-refractivity contribution in [2.24, 2.45) is 0 Å². The van der Waals surface area contributed by atoms with Gasteiger partial charge in [-0.3, -0.25) is 4.79 Å². The first-order valence-corrected chi connectivity index (χ1v) is 9.24. The van der Waals surface area contributed by atoms with Crippen LogP contribution in [0.4, 0.5) is 0 Å². The second kappa shape index (κ2) is 7.13. The molecule has 2 aromatic carbocycles. The maximum Gasteiger partial charge on any atom is 0.197 e. The molecular weight excluding hydrogens is 382 g/mol. The first-order valence-electron chi connectivity index (χ1n) is 9.43. The van der Waals surface area contributed by atoms with Crippen LogP contribution in [0, 0.1) is 0 Å². The molecule has 4 rings (SSSR count). The number of phenolic OH excluding ortho intramolecular Hbond substituents is 2. The van der Waals surface area contributed by atoms with E-state index in [4.69, 9.17) is 17.4 Å². The van der Waals surface area contributed by atoms with E-state index < -0.39 is 29.7 Å². The van der Waals surface area contributed by atoms with Crippen molar-refractivity contribution in [2.75, 3.05) is 20.1 Å². The molecule has 3 aromatic rings. The largest absolute Gasteiger partial charge is 0.507 e. The summed E-state index contributed by atoms with van der Waals surface area (Å²) in [5, 5.41) is 31.8. The van der Waals surface area contributed by atoms with Crippen molar-refractivity contribution >= 4 is 22.6 Å². The molecule has 0 radical (unpaired) electrons. The first kappa shape index (κ1) is 17.6. The SMILES string of the molecule is [2H]C1CC(c2c(O)cc(O)c3c(=O)cc(-c4ccccc4Cl)oc23)C(O)CN1C. The molecule has 0 bridgehead atoms. The van der Waals surface area contributed by atoms with Crippen LogP contribution in [0.25, 0.3) is 22.3 Å². The molecule has 1 aromatic heterocycles. The predicted octanol–water partition coefficient (Wildman–Crippen LogP) is 3.30. The molecule has 146 valence electrons. The third-order valence-electron chi connectivity index (χ3n) is 5.12. The number of halogens is 1. The molecule has 28 heavy (non-hydrogen) atoms. The smallest absolute Gasteiger partial charge is 0.197 e. The van der Waals surface area contributed by atoms with Crippen LogP contribution in [0.3, 0.4) is 0 Å². The van der Waals surface area contributed by atoms with Gasteiger partial charge in [-0.2, -0.15) is 0 Å². The highest BCUT2D eigenvalue weighted by Crippen LogP contribution is 2.42. The van der Waals surface area contributed by atoms with E-state index in [2.05, 4.69) is 0 Å². The number of hydrogen-bond donors (Lipinski definition) is 3. The summed E-state index contributed by atoms with van der Waals surface area (Å²) in [5.41, 5.74) is 0.196. The molecule has 0 aliphatic carbocycles. The summed E-state index contributed by atoms with van der Waals surface area (Å²) in [5.74, 6) is -1.16. The van der Waals surface area contributed by atoms with Crippen molar-refractivity contribution in [1.82, 2.24) is 4.90 Å². The molecule has 0 spiro atoms. The predicted molar refractivity (Wildman–Crippen MR) is 107 cm³/mol. The van der Waals surface area contributed by atoms with Gasteiger partial charge < -0.3 is 24.6 Å². The molecule has 3 unspecified atom stereocenters. The second-order valence-electron chi connectivity index (χ2n) is 7.02. The zero-order valence-corrected chi connectivity index (χ0v) is 15.8. The van der Waals surface area contributed by atoms with Gasteiger partial charge in [0.05, 0.1) is 11.1 Å². The fourth-order valence-electron chi connectivity index (χ4n) is 3.73. The van der Waals surface area contributed by atoms with Crippen LogP contribution in [0.5, 0.6) is 11.5 Å². The van der Waals surface area contributed by atoms with E-state index >= 15 is 0 Å². The van der Waals surface area contributed by atoms with Crippen LogP contribution in [-0.2, 0) is 0 Å². The quantitative estimate of drug-likeness (QED) is 0.609. The van der Waals surface area contributed by atoms with E-state index in [0.29, 0.717) is 10.6 Å². The molecular formula is C21H20ClNO5. The Morgan fingerprint density at radius 2 is 2.00 bits per heavy atom. The lowest BCUT2D eigenvalue weighted by molar-refractivity contribution is 0.0630. The number of likely N-dealkylation sites (tertiary alicyclic amines) is 1. The zero-order chi connectivity index (χ0) is 20.9. The topological polar surface area (TPSA) is 94.1 Å². The van der Waals surface area contributed by atoms with Gasteiger partial charge in [0.15, 0.2) is 5.43 Å². The number of fused-ring (bicyclic) bond motifs is 1. The number of β-amino-alcohol motifs (C(OH)–C–C–N with tert-alkyl or cyclic N) is 1. The van der Waals surface area contributed by atoms with Gasteiger partial charge in [-0.15, -0.1) is 0 Å². The van der Waals surface area contributed by atoms with Crippen LogP contribution in [-0.4, -0.2) is 46.4 Å². The molecule has 1 fully saturated rings. The average molecular weight is 403 g/mol. The normalized spacial score (nSPS) is 23.7. The van der Waals surface area contributed by atoms with Crippen LogP contribution in [0.2, 0.25) is 5.02 Å². The number of piperidine rings is 1. The van der Waals surface area contributed by atoms with Crippen molar-refractivity contribution in [2.45, 2.75) is 18.4 Å². The van der Waals surface area contributed by atoms with Gasteiger partial charge in [-0.25, -0.2) is 0 Å². The number of benzene rings is 2. The standard InChI is InChI=1S/C21H20ClNO5/c1-23-7-6-12(17(27)10-23)19-14(24)8-15(25)20-16(26)9-18(28-21(19)20)11-4-2-3-5-13(11)22/h2-5,8-9,12,17,24-25,27H,6-7,10H2,1H3/i7D. The number of hydrogen-bond acceptors (Lipinski definition) is 6. The van der Waals surface area contributed by atoms with Gasteiger partial charge in [0.25, 0.3) is 0 Å². The van der Waals surface area contributed by atoms with Crippen LogP contribution < -0.4 is 5.43 Å². The number of aliphatic hydroxyl groups is 1. The fraction of sp³-hybridized carbons (Fsp3) is 0.286. The molecule has 1 aliphatic heterocycles. The lowest BCUT2D eigenvalue weighted by atomic mass is 9.85. The van der Waals surface area contributed by atoms with Crippen LogP contribution in [0.1, 0.15) is 19.3 Å². The van der Waals surface area contributed by atoms with Gasteiger partial charge in [0.1, 0.15) is 28.2 Å². The fourth-order valence-corrected chi connectivity index (χ4v) is 3.96. The highest BCUT2D eigenvalue weighted by molar-refractivity contribution is 6.33. The van der Waals surface area contributed by atoms with Gasteiger partial charge >= 0.3 is 0 Å². The monoisotopic (exact) mass is 402 g/mol. The van der Waals surface area contributed by atoms with E-state index in [-0.39, 0.29) is 41.0 Å². The summed E-state index contributed by atoms with van der Waals surface area (Å²) in [6.07, 6.45) is -0.653. The Morgan fingerprint density at radius 3 is 2.75 bits per heavy atom. The minimum atomic E-state index is -0.880. The van der Waals surface area contributed by atoms with Crippen molar-refractivity contribution in [3.8, 4) is 22.8 Å². The molecule has 3 N–H and O–H groups in total. The molecule has 3 atom stereocenters. The number of rotatable bonds is 2. The van der Waals surface area contributed by atoms with E-state index in [1.807, 2.05) is 0 Å². The summed E-state index contributed by atoms with van der Waals surface area (Å²) in [6.45, 7) is -0.361. The van der Waals surface area contributed by atoms with E-state index in [1.165, 1.54) is 6.07 Å². The summed E-state index contributed by atoms with van der Waals surface area (Å²) in [6, 6.07) is 9.16. The van der Waals surface area contributed by atoms with Crippen molar-refractivity contribution < 1.29 is 21.1 Å². The number of aliphatic hydroxyl groups excluding tert-OH is 1. The first-order chi connectivity index (χ1) is 13.8. The Bertz CT molecular complexity index is 1150. The Labute approximate surface area is 167 Å². The Kier molecular flexibility index (Phi) is 4.47. The lowest BCUT2D eigenvalue weighted by Gasteiger charge is -2.34. The lowest BCUT2D eigenvalue weighted by Crippen LogP contribution is -2.40. The number of nitrogens with zero attached hydrogens (tertiary/aromatic N) is 1. The molecule has 0 saturated carbocycles. The van der Waals surface area contributed by atoms with Gasteiger partial charge in [-0.1, -0.05) is 23.7 Å². The molecule has 7 heteroatoms. The Balaban J connectivity index is 2.00. The van der Waals surface area contributed by atoms with Crippen molar-refractivity contribution in [3.05, 3.63) is 57.2 Å². The van der Waals surface area contributed by atoms with Crippen LogP contribution >= 0.6 is 11.6 Å². The second-order valence-corrected chi connectivity index (χ2v) is 7.43. The Hall–Kier alpha value is -2.54. The highest BCUT2D eigenvalue weighted by Gasteiger charge is 2.33. The van der Waals surface area contributed by atoms with E-state index in [1.54, 1.807) is 36.2 Å². The van der Waals surface area contributed by atoms with Gasteiger partial charge in [0.2, 0.25) is 0 Å². The highest BCUT2D eigenvalue weighted by atomic mass is 35.5.